The number of aromatic nitrogens is 2. The van der Waals surface area contributed by atoms with E-state index in [1.165, 1.54) is 23.5 Å². The van der Waals surface area contributed by atoms with Gasteiger partial charge in [-0.05, 0) is 55.2 Å². The van der Waals surface area contributed by atoms with E-state index < -0.39 is 9.84 Å². The number of thiazole rings is 1. The zero-order valence-corrected chi connectivity index (χ0v) is 18.2. The van der Waals surface area contributed by atoms with Crippen molar-refractivity contribution in [3.05, 3.63) is 59.6 Å². The van der Waals surface area contributed by atoms with Crippen molar-refractivity contribution < 1.29 is 13.2 Å². The summed E-state index contributed by atoms with van der Waals surface area (Å²) in [6.07, 6.45) is 5.37. The molecular weight excluding hydrogens is 418 g/mol. The highest BCUT2D eigenvalue weighted by Crippen LogP contribution is 2.33. The Balaban J connectivity index is 1.46. The Bertz CT molecular complexity index is 1130. The topological polar surface area (TPSA) is 89.0 Å². The quantitative estimate of drug-likeness (QED) is 0.614. The SMILES string of the molecule is CC1CCCCC1S(=O)(=O)c1ccc(C(=O)Nc2nc(-c3ccccn3)cs2)cc1. The van der Waals surface area contributed by atoms with Gasteiger partial charge in [0.15, 0.2) is 15.0 Å². The van der Waals surface area contributed by atoms with Crippen LogP contribution in [0.25, 0.3) is 11.4 Å². The van der Waals surface area contributed by atoms with Gasteiger partial charge in [-0.2, -0.15) is 0 Å². The molecule has 2 heterocycles. The van der Waals surface area contributed by atoms with Crippen molar-refractivity contribution >= 4 is 32.2 Å². The maximum Gasteiger partial charge on any atom is 0.257 e. The van der Waals surface area contributed by atoms with E-state index in [2.05, 4.69) is 15.3 Å². The van der Waals surface area contributed by atoms with Gasteiger partial charge in [-0.1, -0.05) is 25.8 Å². The highest BCUT2D eigenvalue weighted by Gasteiger charge is 2.34. The Labute approximate surface area is 180 Å². The zero-order chi connectivity index (χ0) is 21.1. The summed E-state index contributed by atoms with van der Waals surface area (Å²) < 4.78 is 26.0. The van der Waals surface area contributed by atoms with Crippen molar-refractivity contribution in [3.63, 3.8) is 0 Å². The predicted octanol–water partition coefficient (Wildman–Crippen LogP) is 4.81. The standard InChI is InChI=1S/C22H23N3O3S2/c1-15-6-2-3-8-20(15)30(27,28)17-11-9-16(10-12-17)21(26)25-22-24-19(14-29-22)18-7-4-5-13-23-18/h4-5,7,9-15,20H,2-3,6,8H2,1H3,(H,24,25,26). The molecule has 0 radical (unpaired) electrons. The molecule has 1 aliphatic carbocycles. The highest BCUT2D eigenvalue weighted by atomic mass is 32.2. The highest BCUT2D eigenvalue weighted by molar-refractivity contribution is 7.92. The number of rotatable bonds is 5. The van der Waals surface area contributed by atoms with Crippen molar-refractivity contribution in [1.29, 1.82) is 0 Å². The first kappa shape index (κ1) is 20.7. The average Bonchev–Trinajstić information content (AvgIpc) is 3.23. The van der Waals surface area contributed by atoms with Gasteiger partial charge in [0.2, 0.25) is 0 Å². The number of sulfone groups is 1. The van der Waals surface area contributed by atoms with Crippen LogP contribution in [0.2, 0.25) is 0 Å². The molecule has 1 aromatic carbocycles. The summed E-state index contributed by atoms with van der Waals surface area (Å²) >= 11 is 1.31. The minimum atomic E-state index is -3.39. The molecule has 8 heteroatoms. The van der Waals surface area contributed by atoms with Crippen LogP contribution in [-0.2, 0) is 9.84 Å². The van der Waals surface area contributed by atoms with Crippen LogP contribution in [0.4, 0.5) is 5.13 Å². The lowest BCUT2D eigenvalue weighted by Crippen LogP contribution is -2.31. The van der Waals surface area contributed by atoms with E-state index in [1.807, 2.05) is 30.5 Å². The molecule has 2 unspecified atom stereocenters. The van der Waals surface area contributed by atoms with E-state index in [0.717, 1.165) is 25.0 Å². The zero-order valence-electron chi connectivity index (χ0n) is 16.6. The van der Waals surface area contributed by atoms with Crippen LogP contribution in [0, 0.1) is 5.92 Å². The van der Waals surface area contributed by atoms with Gasteiger partial charge in [0.1, 0.15) is 5.69 Å². The molecule has 1 fully saturated rings. The van der Waals surface area contributed by atoms with Crippen molar-refractivity contribution in [2.45, 2.75) is 42.8 Å². The molecule has 30 heavy (non-hydrogen) atoms. The Morgan fingerprint density at radius 3 is 2.53 bits per heavy atom. The fourth-order valence-electron chi connectivity index (χ4n) is 3.85. The average molecular weight is 442 g/mol. The van der Waals surface area contributed by atoms with Crippen LogP contribution in [0.3, 0.4) is 0 Å². The monoisotopic (exact) mass is 441 g/mol. The number of pyridine rings is 1. The summed E-state index contributed by atoms with van der Waals surface area (Å²) in [6.45, 7) is 2.01. The van der Waals surface area contributed by atoms with Crippen LogP contribution in [0.1, 0.15) is 43.0 Å². The molecule has 1 saturated carbocycles. The number of anilines is 1. The first-order valence-electron chi connectivity index (χ1n) is 9.97. The summed E-state index contributed by atoms with van der Waals surface area (Å²) in [7, 11) is -3.39. The molecule has 0 bridgehead atoms. The number of carbonyl (C=O) groups is 1. The number of nitrogens with zero attached hydrogens (tertiary/aromatic N) is 2. The molecule has 1 N–H and O–H groups in total. The Morgan fingerprint density at radius 2 is 1.83 bits per heavy atom. The Kier molecular flexibility index (Phi) is 5.97. The van der Waals surface area contributed by atoms with Crippen LogP contribution >= 0.6 is 11.3 Å². The van der Waals surface area contributed by atoms with E-state index in [1.54, 1.807) is 18.3 Å². The van der Waals surface area contributed by atoms with Crippen molar-refractivity contribution in [1.82, 2.24) is 9.97 Å². The molecule has 4 rings (SSSR count). The van der Waals surface area contributed by atoms with Crippen molar-refractivity contribution in [2.75, 3.05) is 5.32 Å². The minimum absolute atomic E-state index is 0.157. The molecule has 156 valence electrons. The van der Waals surface area contributed by atoms with E-state index in [-0.39, 0.29) is 22.0 Å². The van der Waals surface area contributed by atoms with E-state index in [9.17, 15) is 13.2 Å². The van der Waals surface area contributed by atoms with Gasteiger partial charge in [0.25, 0.3) is 5.91 Å². The number of hydrogen-bond donors (Lipinski definition) is 1. The fraction of sp³-hybridized carbons (Fsp3) is 0.318. The first-order valence-corrected chi connectivity index (χ1v) is 12.4. The second kappa shape index (κ2) is 8.65. The molecule has 0 aliphatic heterocycles. The van der Waals surface area contributed by atoms with Crippen molar-refractivity contribution in [3.8, 4) is 11.4 Å². The fourth-order valence-corrected chi connectivity index (χ4v) is 6.64. The maximum absolute atomic E-state index is 13.0. The number of benzene rings is 1. The summed E-state index contributed by atoms with van der Waals surface area (Å²) in [5.41, 5.74) is 1.82. The Hall–Kier alpha value is -2.58. The number of amides is 1. The van der Waals surface area contributed by atoms with Gasteiger partial charge < -0.3 is 0 Å². The molecule has 2 atom stereocenters. The van der Waals surface area contributed by atoms with Gasteiger partial charge in [0, 0.05) is 17.1 Å². The molecule has 0 saturated heterocycles. The summed E-state index contributed by atoms with van der Waals surface area (Å²) in [5, 5.41) is 4.73. The van der Waals surface area contributed by atoms with Crippen LogP contribution in [0.5, 0.6) is 0 Å². The molecule has 1 amide bonds. The maximum atomic E-state index is 13.0. The summed E-state index contributed by atoms with van der Waals surface area (Å²) in [4.78, 5) is 21.5. The first-order chi connectivity index (χ1) is 14.4. The lowest BCUT2D eigenvalue weighted by molar-refractivity contribution is 0.102. The smallest absolute Gasteiger partial charge is 0.257 e. The molecule has 3 aromatic rings. The predicted molar refractivity (Wildman–Crippen MR) is 118 cm³/mol. The number of hydrogen-bond acceptors (Lipinski definition) is 6. The normalized spacial score (nSPS) is 19.4. The number of nitrogens with one attached hydrogen (secondary N) is 1. The summed E-state index contributed by atoms with van der Waals surface area (Å²) in [6, 6.07) is 11.7. The molecule has 1 aliphatic rings. The van der Waals surface area contributed by atoms with Gasteiger partial charge in [-0.25, -0.2) is 13.4 Å². The third kappa shape index (κ3) is 4.29. The molecule has 0 spiro atoms. The molecular formula is C22H23N3O3S2. The van der Waals surface area contributed by atoms with E-state index in [4.69, 9.17) is 0 Å². The third-order valence-corrected chi connectivity index (χ3v) is 8.71. The molecule has 6 nitrogen and oxygen atoms in total. The van der Waals surface area contributed by atoms with Gasteiger partial charge in [0.05, 0.1) is 15.8 Å². The van der Waals surface area contributed by atoms with Gasteiger partial charge >= 0.3 is 0 Å². The van der Waals surface area contributed by atoms with Crippen LogP contribution in [-0.4, -0.2) is 29.5 Å². The van der Waals surface area contributed by atoms with Gasteiger partial charge in [-0.3, -0.25) is 15.1 Å². The lowest BCUT2D eigenvalue weighted by atomic mass is 9.90. The summed E-state index contributed by atoms with van der Waals surface area (Å²) in [5.74, 6) is -0.170. The molecule has 2 aromatic heterocycles. The largest absolute Gasteiger partial charge is 0.298 e. The minimum Gasteiger partial charge on any atom is -0.298 e. The second-order valence-corrected chi connectivity index (χ2v) is 10.6. The van der Waals surface area contributed by atoms with Crippen molar-refractivity contribution in [2.24, 2.45) is 5.92 Å². The van der Waals surface area contributed by atoms with Crippen LogP contribution < -0.4 is 5.32 Å². The van der Waals surface area contributed by atoms with E-state index in [0.29, 0.717) is 22.8 Å². The lowest BCUT2D eigenvalue weighted by Gasteiger charge is -2.28. The Morgan fingerprint density at radius 1 is 1.07 bits per heavy atom. The van der Waals surface area contributed by atoms with E-state index >= 15 is 0 Å². The van der Waals surface area contributed by atoms with Crippen LogP contribution in [0.15, 0.2) is 58.9 Å². The van der Waals surface area contributed by atoms with Gasteiger partial charge in [-0.15, -0.1) is 11.3 Å². The second-order valence-electron chi connectivity index (χ2n) is 7.58. The third-order valence-electron chi connectivity index (χ3n) is 5.53. The number of carbonyl (C=O) groups excluding carboxylic acids is 1.